The third kappa shape index (κ3) is 8.91. The molecule has 1 aliphatic carbocycles. The van der Waals surface area contributed by atoms with E-state index in [1.165, 1.54) is 13.3 Å². The SMILES string of the molecule is CCC.CCC(C(=O)CC(C)=O)C(CCOCc1ccccc1)CC1CC(=O)c2c(C)ccc(-c3ccc4c(c3)OCO4)c2C1. The van der Waals surface area contributed by atoms with Crippen LogP contribution in [0.1, 0.15) is 93.3 Å². The fraction of sp³-hybridized carbons (Fsp3) is 0.462. The highest BCUT2D eigenvalue weighted by Gasteiger charge is 2.34. The maximum Gasteiger partial charge on any atom is 0.231 e. The molecule has 0 N–H and O–H groups in total. The van der Waals surface area contributed by atoms with Crippen LogP contribution in [0.2, 0.25) is 0 Å². The molecule has 5 rings (SSSR count). The van der Waals surface area contributed by atoms with Gasteiger partial charge < -0.3 is 14.2 Å². The van der Waals surface area contributed by atoms with Gasteiger partial charge in [-0.3, -0.25) is 14.4 Å². The van der Waals surface area contributed by atoms with Crippen molar-refractivity contribution in [3.05, 3.63) is 82.9 Å². The van der Waals surface area contributed by atoms with Gasteiger partial charge in [0.15, 0.2) is 17.3 Å². The largest absolute Gasteiger partial charge is 0.454 e. The number of fused-ring (bicyclic) bond motifs is 2. The van der Waals surface area contributed by atoms with E-state index in [1.54, 1.807) is 0 Å². The summed E-state index contributed by atoms with van der Waals surface area (Å²) in [6.07, 6.45) is 4.52. The Hall–Kier alpha value is -3.77. The Kier molecular flexibility index (Phi) is 12.5. The molecule has 1 aliphatic heterocycles. The van der Waals surface area contributed by atoms with Crippen LogP contribution in [0.4, 0.5) is 0 Å². The molecule has 1 heterocycles. The molecular formula is C39H48O6. The average molecular weight is 613 g/mol. The molecule has 6 heteroatoms. The van der Waals surface area contributed by atoms with Crippen LogP contribution in [0.3, 0.4) is 0 Å². The standard InChI is InChI=1S/C36H40O6.C3H8/c1-4-29(32(38)16-24(3)37)28(14-15-40-21-25-8-6-5-7-9-25)17-26-18-31-30(12-10-23(2)36(31)33(39)19-26)27-11-13-34-35(20-27)42-22-41-34;1-3-2/h5-13,20,26,28-29H,4,14-19,21-22H2,1-3H3;3H2,1-2H3. The topological polar surface area (TPSA) is 78.9 Å². The van der Waals surface area contributed by atoms with E-state index in [0.29, 0.717) is 38.2 Å². The summed E-state index contributed by atoms with van der Waals surface area (Å²) in [5, 5.41) is 0. The number of aryl methyl sites for hydroxylation is 1. The average Bonchev–Trinajstić information content (AvgIpc) is 3.48. The fourth-order valence-electron chi connectivity index (χ4n) is 6.70. The van der Waals surface area contributed by atoms with Crippen molar-refractivity contribution in [2.24, 2.45) is 17.8 Å². The summed E-state index contributed by atoms with van der Waals surface area (Å²) in [6, 6.07) is 20.1. The summed E-state index contributed by atoms with van der Waals surface area (Å²) < 4.78 is 17.2. The van der Waals surface area contributed by atoms with Crippen LogP contribution in [0.5, 0.6) is 11.5 Å². The number of ether oxygens (including phenoxy) is 3. The Morgan fingerprint density at radius 3 is 2.40 bits per heavy atom. The van der Waals surface area contributed by atoms with Gasteiger partial charge in [0.2, 0.25) is 6.79 Å². The predicted octanol–water partition coefficient (Wildman–Crippen LogP) is 8.74. The Labute approximate surface area is 268 Å². The Morgan fingerprint density at radius 1 is 0.956 bits per heavy atom. The summed E-state index contributed by atoms with van der Waals surface area (Å²) >= 11 is 0. The third-order valence-corrected chi connectivity index (χ3v) is 8.68. The number of hydrogen-bond donors (Lipinski definition) is 0. The molecule has 6 nitrogen and oxygen atoms in total. The highest BCUT2D eigenvalue weighted by atomic mass is 16.7. The highest BCUT2D eigenvalue weighted by Crippen LogP contribution is 2.42. The minimum atomic E-state index is -0.239. The van der Waals surface area contributed by atoms with Crippen molar-refractivity contribution >= 4 is 17.3 Å². The van der Waals surface area contributed by atoms with E-state index in [9.17, 15) is 14.4 Å². The van der Waals surface area contributed by atoms with Gasteiger partial charge in [-0.15, -0.1) is 0 Å². The molecule has 240 valence electrons. The maximum atomic E-state index is 13.6. The van der Waals surface area contributed by atoms with Crippen LogP contribution in [-0.4, -0.2) is 30.7 Å². The van der Waals surface area contributed by atoms with Crippen LogP contribution in [0.25, 0.3) is 11.1 Å². The van der Waals surface area contributed by atoms with Crippen LogP contribution in [-0.2, 0) is 27.4 Å². The van der Waals surface area contributed by atoms with Crippen molar-refractivity contribution < 1.29 is 28.6 Å². The van der Waals surface area contributed by atoms with Crippen molar-refractivity contribution in [2.45, 2.75) is 86.2 Å². The monoisotopic (exact) mass is 612 g/mol. The van der Waals surface area contributed by atoms with E-state index >= 15 is 0 Å². The fourth-order valence-corrected chi connectivity index (χ4v) is 6.70. The third-order valence-electron chi connectivity index (χ3n) is 8.68. The molecule has 45 heavy (non-hydrogen) atoms. The summed E-state index contributed by atoms with van der Waals surface area (Å²) in [5.41, 5.74) is 6.02. The Balaban J connectivity index is 0.00000148. The number of hydrogen-bond acceptors (Lipinski definition) is 6. The summed E-state index contributed by atoms with van der Waals surface area (Å²) in [5.74, 6) is 1.37. The van der Waals surface area contributed by atoms with E-state index in [4.69, 9.17) is 14.2 Å². The van der Waals surface area contributed by atoms with Gasteiger partial charge in [-0.1, -0.05) is 75.7 Å². The number of carbonyl (C=O) groups excluding carboxylic acids is 3. The second-order valence-electron chi connectivity index (χ2n) is 12.4. The van der Waals surface area contributed by atoms with Gasteiger partial charge in [-0.05, 0) is 91.3 Å². The summed E-state index contributed by atoms with van der Waals surface area (Å²) in [6.45, 7) is 11.0. The zero-order valence-corrected chi connectivity index (χ0v) is 27.5. The molecule has 0 saturated carbocycles. The van der Waals surface area contributed by atoms with Crippen molar-refractivity contribution in [1.82, 2.24) is 0 Å². The van der Waals surface area contributed by atoms with Crippen LogP contribution in [0, 0.1) is 24.7 Å². The lowest BCUT2D eigenvalue weighted by molar-refractivity contribution is -0.130. The van der Waals surface area contributed by atoms with Crippen LogP contribution < -0.4 is 9.47 Å². The molecule has 0 radical (unpaired) electrons. The first kappa shape index (κ1) is 34.1. The first-order chi connectivity index (χ1) is 21.7. The smallest absolute Gasteiger partial charge is 0.231 e. The van der Waals surface area contributed by atoms with E-state index in [2.05, 4.69) is 19.9 Å². The van der Waals surface area contributed by atoms with Crippen LogP contribution in [0.15, 0.2) is 60.7 Å². The molecule has 0 bridgehead atoms. The lowest BCUT2D eigenvalue weighted by atomic mass is 9.71. The number of Topliss-reactive ketones (excluding diaryl/α,β-unsaturated/α-hetero) is 3. The molecule has 0 spiro atoms. The van der Waals surface area contributed by atoms with Gasteiger partial charge in [0.25, 0.3) is 0 Å². The van der Waals surface area contributed by atoms with E-state index < -0.39 is 0 Å². The Bertz CT molecular complexity index is 1460. The molecule has 3 unspecified atom stereocenters. The van der Waals surface area contributed by atoms with E-state index in [-0.39, 0.29) is 48.3 Å². The lowest BCUT2D eigenvalue weighted by Crippen LogP contribution is -2.30. The van der Waals surface area contributed by atoms with Gasteiger partial charge in [0.05, 0.1) is 13.0 Å². The van der Waals surface area contributed by atoms with Gasteiger partial charge in [-0.25, -0.2) is 0 Å². The summed E-state index contributed by atoms with van der Waals surface area (Å²) in [4.78, 5) is 38.7. The molecule has 0 aromatic heterocycles. The second kappa shape index (κ2) is 16.5. The molecule has 0 fully saturated rings. The number of rotatable bonds is 13. The second-order valence-corrected chi connectivity index (χ2v) is 12.4. The van der Waals surface area contributed by atoms with Crippen molar-refractivity contribution in [2.75, 3.05) is 13.4 Å². The van der Waals surface area contributed by atoms with Crippen molar-refractivity contribution in [3.63, 3.8) is 0 Å². The number of ketones is 3. The highest BCUT2D eigenvalue weighted by molar-refractivity contribution is 6.02. The van der Waals surface area contributed by atoms with Gasteiger partial charge in [-0.2, -0.15) is 0 Å². The van der Waals surface area contributed by atoms with Gasteiger partial charge in [0.1, 0.15) is 11.6 Å². The number of benzene rings is 3. The normalized spacial score (nSPS) is 16.3. The van der Waals surface area contributed by atoms with Gasteiger partial charge >= 0.3 is 0 Å². The predicted molar refractivity (Wildman–Crippen MR) is 178 cm³/mol. The summed E-state index contributed by atoms with van der Waals surface area (Å²) in [7, 11) is 0. The maximum absolute atomic E-state index is 13.6. The number of carbonyl (C=O) groups is 3. The van der Waals surface area contributed by atoms with Crippen molar-refractivity contribution in [3.8, 4) is 22.6 Å². The van der Waals surface area contributed by atoms with Crippen LogP contribution >= 0.6 is 0 Å². The first-order valence-corrected chi connectivity index (χ1v) is 16.4. The molecule has 0 amide bonds. The molecule has 3 aromatic carbocycles. The van der Waals surface area contributed by atoms with Crippen molar-refractivity contribution in [1.29, 1.82) is 0 Å². The first-order valence-electron chi connectivity index (χ1n) is 16.4. The molecule has 3 aromatic rings. The van der Waals surface area contributed by atoms with E-state index in [1.807, 2.05) is 68.4 Å². The minimum Gasteiger partial charge on any atom is -0.454 e. The van der Waals surface area contributed by atoms with Gasteiger partial charge in [0, 0.05) is 24.5 Å². The van der Waals surface area contributed by atoms with E-state index in [0.717, 1.165) is 52.0 Å². The zero-order chi connectivity index (χ0) is 32.3. The minimum absolute atomic E-state index is 0.00233. The molecule has 3 atom stereocenters. The lowest BCUT2D eigenvalue weighted by Gasteiger charge is -2.32. The molecule has 0 saturated heterocycles. The molecule has 2 aliphatic rings. The molecular weight excluding hydrogens is 564 g/mol. The Morgan fingerprint density at radius 2 is 1.69 bits per heavy atom. The zero-order valence-electron chi connectivity index (χ0n) is 27.5. The quantitative estimate of drug-likeness (QED) is 0.142.